The van der Waals surface area contributed by atoms with Crippen molar-refractivity contribution in [3.63, 3.8) is 0 Å². The first kappa shape index (κ1) is 38.2. The van der Waals surface area contributed by atoms with Gasteiger partial charge in [-0.05, 0) is 81.3 Å². The molecule has 3 rings (SSSR count). The number of carboxylic acids is 1. The lowest BCUT2D eigenvalue weighted by Crippen LogP contribution is -2.53. The summed E-state index contributed by atoms with van der Waals surface area (Å²) in [6.07, 6.45) is 1.84. The number of aliphatic carboxylic acids is 1. The summed E-state index contributed by atoms with van der Waals surface area (Å²) in [7, 11) is 3.06. The van der Waals surface area contributed by atoms with E-state index in [9.17, 15) is 28.8 Å². The van der Waals surface area contributed by atoms with Gasteiger partial charge in [-0.15, -0.1) is 0 Å². The van der Waals surface area contributed by atoms with E-state index in [-0.39, 0.29) is 32.4 Å². The van der Waals surface area contributed by atoms with Crippen molar-refractivity contribution in [2.45, 2.75) is 70.9 Å². The second kappa shape index (κ2) is 17.8. The average Bonchev–Trinajstić information content (AvgIpc) is 3.10. The van der Waals surface area contributed by atoms with Gasteiger partial charge in [0.05, 0.1) is 26.1 Å². The van der Waals surface area contributed by atoms with E-state index in [1.807, 2.05) is 12.1 Å². The maximum atomic E-state index is 13.9. The van der Waals surface area contributed by atoms with Crippen LogP contribution in [0.25, 0.3) is 0 Å². The molecule has 0 spiro atoms. The Hall–Kier alpha value is -5.20. The van der Waals surface area contributed by atoms with Crippen LogP contribution in [0.15, 0.2) is 55.1 Å². The third kappa shape index (κ3) is 10.9. The molecule has 0 aromatic heterocycles. The minimum absolute atomic E-state index is 0.168. The number of methoxy groups -OCH3 is 2. The maximum Gasteiger partial charge on any atom is 0.330 e. The molecule has 1 fully saturated rings. The Morgan fingerprint density at radius 3 is 2.43 bits per heavy atom. The molecule has 1 saturated heterocycles. The number of piperidine rings is 1. The van der Waals surface area contributed by atoms with Gasteiger partial charge in [-0.3, -0.25) is 19.2 Å². The second-order valence-electron chi connectivity index (χ2n) is 12.3. The van der Waals surface area contributed by atoms with Crippen LogP contribution in [0.1, 0.15) is 69.6 Å². The summed E-state index contributed by atoms with van der Waals surface area (Å²) in [6, 6.07) is 11.1. The van der Waals surface area contributed by atoms with E-state index >= 15 is 0 Å². The molecule has 0 bridgehead atoms. The first-order chi connectivity index (χ1) is 23.3. The number of anilines is 1. The van der Waals surface area contributed by atoms with E-state index in [2.05, 4.69) is 11.9 Å². The number of nitrogens with one attached hydrogen (secondary N) is 1. The number of esters is 2. The van der Waals surface area contributed by atoms with E-state index < -0.39 is 53.1 Å². The molecule has 49 heavy (non-hydrogen) atoms. The number of rotatable bonds is 17. The second-order valence-corrected chi connectivity index (χ2v) is 12.3. The number of carbonyl (C=O) groups excluding carboxylic acids is 5. The minimum Gasteiger partial charge on any atom is -0.493 e. The zero-order valence-corrected chi connectivity index (χ0v) is 28.3. The molecule has 1 aliphatic rings. The summed E-state index contributed by atoms with van der Waals surface area (Å²) in [4.78, 5) is 76.7. The Bertz CT molecular complexity index is 1550. The molecule has 2 N–H and O–H groups in total. The predicted molar refractivity (Wildman–Crippen MR) is 178 cm³/mol. The van der Waals surface area contributed by atoms with Crippen molar-refractivity contribution in [1.82, 2.24) is 4.90 Å². The minimum atomic E-state index is -1.35. The number of benzene rings is 2. The summed E-state index contributed by atoms with van der Waals surface area (Å²) in [5.74, 6) is -3.58. The smallest absolute Gasteiger partial charge is 0.330 e. The molecule has 13 nitrogen and oxygen atoms in total. The third-order valence-corrected chi connectivity index (χ3v) is 8.10. The van der Waals surface area contributed by atoms with Crippen LogP contribution in [-0.2, 0) is 44.7 Å². The van der Waals surface area contributed by atoms with Crippen molar-refractivity contribution in [1.29, 1.82) is 0 Å². The number of amides is 2. The average molecular weight is 681 g/mol. The zero-order chi connectivity index (χ0) is 36.1. The number of aryl methyl sites for hydroxylation is 1. The normalized spacial score (nSPS) is 14.9. The van der Waals surface area contributed by atoms with Gasteiger partial charge in [-0.25, -0.2) is 9.59 Å². The summed E-state index contributed by atoms with van der Waals surface area (Å²) in [5.41, 5.74) is 0.467. The zero-order valence-electron chi connectivity index (χ0n) is 28.3. The van der Waals surface area contributed by atoms with Crippen LogP contribution in [0, 0.1) is 5.41 Å². The molecule has 0 aliphatic carbocycles. The van der Waals surface area contributed by atoms with Crippen LogP contribution in [0.4, 0.5) is 5.69 Å². The molecule has 0 saturated carbocycles. The number of likely N-dealkylation sites (tertiary alicyclic amines) is 1. The van der Waals surface area contributed by atoms with Crippen LogP contribution >= 0.6 is 0 Å². The third-order valence-electron chi connectivity index (χ3n) is 8.10. The van der Waals surface area contributed by atoms with E-state index in [1.165, 1.54) is 33.0 Å². The lowest BCUT2D eigenvalue weighted by atomic mass is 9.87. The van der Waals surface area contributed by atoms with Gasteiger partial charge in [-0.1, -0.05) is 24.8 Å². The highest BCUT2D eigenvalue weighted by molar-refractivity contribution is 6.38. The molecular weight excluding hydrogens is 636 g/mol. The van der Waals surface area contributed by atoms with Crippen molar-refractivity contribution < 1.29 is 52.8 Å². The van der Waals surface area contributed by atoms with Gasteiger partial charge in [0.2, 0.25) is 11.7 Å². The van der Waals surface area contributed by atoms with Gasteiger partial charge < -0.3 is 34.3 Å². The highest BCUT2D eigenvalue weighted by atomic mass is 16.5. The number of nitrogens with zero attached hydrogens (tertiary/aromatic N) is 1. The van der Waals surface area contributed by atoms with Gasteiger partial charge in [0, 0.05) is 24.7 Å². The van der Waals surface area contributed by atoms with Gasteiger partial charge in [-0.2, -0.15) is 0 Å². The lowest BCUT2D eigenvalue weighted by Gasteiger charge is -2.36. The molecule has 2 aromatic rings. The van der Waals surface area contributed by atoms with Crippen molar-refractivity contribution >= 4 is 41.2 Å². The molecule has 1 aliphatic heterocycles. The maximum absolute atomic E-state index is 13.9. The van der Waals surface area contributed by atoms with E-state index in [0.717, 1.165) is 11.6 Å². The molecule has 2 atom stereocenters. The number of hydrogen-bond acceptors (Lipinski definition) is 10. The fourth-order valence-electron chi connectivity index (χ4n) is 5.32. The van der Waals surface area contributed by atoms with Crippen LogP contribution in [0.3, 0.4) is 0 Å². The Kier molecular flexibility index (Phi) is 13.9. The number of carboxylic acid groups (broad SMARTS) is 1. The predicted octanol–water partition coefficient (Wildman–Crippen LogP) is 4.43. The number of ether oxygens (including phenoxy) is 4. The van der Waals surface area contributed by atoms with Crippen molar-refractivity contribution in [3.8, 4) is 11.5 Å². The van der Waals surface area contributed by atoms with Crippen molar-refractivity contribution in [2.24, 2.45) is 5.41 Å². The fourth-order valence-corrected chi connectivity index (χ4v) is 5.32. The van der Waals surface area contributed by atoms with Crippen molar-refractivity contribution in [2.75, 3.05) is 32.7 Å². The standard InChI is InChI=1S/C36H44N2O11/c1-6-32(42)48-22-36(2,3)33(43)34(44)38-19-8-7-12-26(38)35(45)49-27(15-13-23-14-16-28(46-4)29(20-23)47-5)24-10-9-11-25(21-24)37-30(39)17-18-31(40)41/h6,9-11,14,16,20-21,26-27H,1,7-8,12-13,15,17-19,22H2,2-5H3,(H,37,39)(H,40,41)/t26?,27-/m1/s1. The monoisotopic (exact) mass is 680 g/mol. The molecule has 264 valence electrons. The number of hydrogen-bond donors (Lipinski definition) is 2. The molecular formula is C36H44N2O11. The Morgan fingerprint density at radius 2 is 1.76 bits per heavy atom. The fraction of sp³-hybridized carbons (Fsp3) is 0.444. The van der Waals surface area contributed by atoms with Crippen LogP contribution in [-0.4, -0.2) is 78.9 Å². The molecule has 2 amide bonds. The Morgan fingerprint density at radius 1 is 1.02 bits per heavy atom. The topological polar surface area (TPSA) is 175 Å². The number of Topliss-reactive ketones (excluding diaryl/α,β-unsaturated/α-hetero) is 1. The molecule has 13 heteroatoms. The highest BCUT2D eigenvalue weighted by Gasteiger charge is 2.42. The molecule has 0 radical (unpaired) electrons. The SMILES string of the molecule is C=CC(=O)OCC(C)(C)C(=O)C(=O)N1CCCCC1C(=O)O[C@H](CCc1ccc(OC)c(OC)c1)c1cccc(NC(=O)CCC(=O)O)c1. The summed E-state index contributed by atoms with van der Waals surface area (Å²) in [5, 5.41) is 11.6. The first-order valence-electron chi connectivity index (χ1n) is 16.0. The van der Waals surface area contributed by atoms with Crippen LogP contribution in [0.5, 0.6) is 11.5 Å². The summed E-state index contributed by atoms with van der Waals surface area (Å²) in [6.45, 7) is 6.13. The van der Waals surface area contributed by atoms with Gasteiger partial charge in [0.1, 0.15) is 18.8 Å². The van der Waals surface area contributed by atoms with Crippen molar-refractivity contribution in [3.05, 3.63) is 66.2 Å². The summed E-state index contributed by atoms with van der Waals surface area (Å²) < 4.78 is 21.9. The molecule has 1 heterocycles. The van der Waals surface area contributed by atoms with Gasteiger partial charge in [0.25, 0.3) is 5.91 Å². The summed E-state index contributed by atoms with van der Waals surface area (Å²) >= 11 is 0. The number of ketones is 1. The Labute approximate surface area is 285 Å². The lowest BCUT2D eigenvalue weighted by molar-refractivity contribution is -0.165. The number of carbonyl (C=O) groups is 6. The van der Waals surface area contributed by atoms with Gasteiger partial charge in [0.15, 0.2) is 11.5 Å². The van der Waals surface area contributed by atoms with Crippen LogP contribution < -0.4 is 14.8 Å². The highest BCUT2D eigenvalue weighted by Crippen LogP contribution is 2.32. The Balaban J connectivity index is 1.86. The molecule has 1 unspecified atom stereocenters. The van der Waals surface area contributed by atoms with Gasteiger partial charge >= 0.3 is 17.9 Å². The quantitative estimate of drug-likeness (QED) is 0.137. The molecule has 2 aromatic carbocycles. The van der Waals surface area contributed by atoms with E-state index in [1.54, 1.807) is 30.3 Å². The van der Waals surface area contributed by atoms with Crippen LogP contribution in [0.2, 0.25) is 0 Å². The van der Waals surface area contributed by atoms with E-state index in [4.69, 9.17) is 24.1 Å². The van der Waals surface area contributed by atoms with E-state index in [0.29, 0.717) is 48.4 Å². The first-order valence-corrected chi connectivity index (χ1v) is 16.0. The largest absolute Gasteiger partial charge is 0.493 e.